The van der Waals surface area contributed by atoms with Gasteiger partial charge in [0.2, 0.25) is 15.9 Å². The van der Waals surface area contributed by atoms with Crippen LogP contribution in [0, 0.1) is 20.8 Å². The Balaban J connectivity index is 1.64. The van der Waals surface area contributed by atoms with Gasteiger partial charge in [-0.25, -0.2) is 18.1 Å². The molecule has 29 heavy (non-hydrogen) atoms. The summed E-state index contributed by atoms with van der Waals surface area (Å²) in [6, 6.07) is 4.70. The molecule has 0 spiro atoms. The molecule has 2 heterocycles. The molecule has 154 valence electrons. The Bertz CT molecular complexity index is 1150. The van der Waals surface area contributed by atoms with Crippen molar-refractivity contribution < 1.29 is 17.6 Å². The van der Waals surface area contributed by atoms with E-state index in [1.165, 1.54) is 24.5 Å². The van der Waals surface area contributed by atoms with Crippen LogP contribution in [0.1, 0.15) is 16.3 Å². The Morgan fingerprint density at radius 1 is 1.24 bits per heavy atom. The van der Waals surface area contributed by atoms with E-state index in [-0.39, 0.29) is 21.8 Å². The Labute approximate surface area is 176 Å². The molecule has 0 unspecified atom stereocenters. The highest BCUT2D eigenvalue weighted by atomic mass is 32.2. The van der Waals surface area contributed by atoms with Crippen molar-refractivity contribution in [2.24, 2.45) is 0 Å². The molecule has 0 aliphatic rings. The number of hydrogen-bond donors (Lipinski definition) is 2. The monoisotopic (exact) mass is 453 g/mol. The van der Waals surface area contributed by atoms with E-state index in [1.807, 2.05) is 13.8 Å². The van der Waals surface area contributed by atoms with Crippen molar-refractivity contribution in [1.29, 1.82) is 0 Å². The number of nitrogens with zero attached hydrogens (tertiary/aromatic N) is 3. The fourth-order valence-corrected chi connectivity index (χ4v) is 4.89. The standard InChI is InChI=1S/C17H19N5O4S3/c1-9-5-6-12(7-13(9)29(24,25)18-4)20-14(23)8-27-17-22-21-16(26-17)15-10(2)19-11(3)28-15/h5-7,18H,8H2,1-4H3,(H,20,23). The number of anilines is 1. The number of carbonyl (C=O) groups is 1. The van der Waals surface area contributed by atoms with Crippen LogP contribution in [0.4, 0.5) is 5.69 Å². The lowest BCUT2D eigenvalue weighted by Gasteiger charge is -2.10. The zero-order valence-electron chi connectivity index (χ0n) is 16.1. The van der Waals surface area contributed by atoms with Gasteiger partial charge in [0, 0.05) is 5.69 Å². The number of nitrogens with one attached hydrogen (secondary N) is 2. The molecule has 0 saturated heterocycles. The van der Waals surface area contributed by atoms with Crippen LogP contribution in [-0.2, 0) is 14.8 Å². The van der Waals surface area contributed by atoms with Crippen LogP contribution in [0.2, 0.25) is 0 Å². The average Bonchev–Trinajstić information content (AvgIpc) is 3.27. The zero-order valence-corrected chi connectivity index (χ0v) is 18.6. The van der Waals surface area contributed by atoms with E-state index in [2.05, 4.69) is 25.2 Å². The summed E-state index contributed by atoms with van der Waals surface area (Å²) in [5, 5.41) is 11.8. The number of carbonyl (C=O) groups excluding carboxylic acids is 1. The average molecular weight is 454 g/mol. The highest BCUT2D eigenvalue weighted by Crippen LogP contribution is 2.30. The summed E-state index contributed by atoms with van der Waals surface area (Å²) < 4.78 is 32.0. The summed E-state index contributed by atoms with van der Waals surface area (Å²) in [5.74, 6) is 0.0808. The first-order valence-corrected chi connectivity index (χ1v) is 11.7. The number of sulfonamides is 1. The molecule has 1 amide bonds. The van der Waals surface area contributed by atoms with Gasteiger partial charge in [-0.3, -0.25) is 4.79 Å². The third-order valence-corrected chi connectivity index (χ3v) is 7.30. The molecule has 0 aliphatic heterocycles. The number of amides is 1. The van der Waals surface area contributed by atoms with Crippen LogP contribution < -0.4 is 10.0 Å². The summed E-state index contributed by atoms with van der Waals surface area (Å²) in [4.78, 5) is 17.5. The topological polar surface area (TPSA) is 127 Å². The molecule has 0 saturated carbocycles. The van der Waals surface area contributed by atoms with Crippen molar-refractivity contribution in [2.45, 2.75) is 30.9 Å². The van der Waals surface area contributed by atoms with Crippen molar-refractivity contribution in [3.8, 4) is 10.8 Å². The minimum absolute atomic E-state index is 0.0321. The third kappa shape index (κ3) is 5.01. The highest BCUT2D eigenvalue weighted by molar-refractivity contribution is 7.99. The molecule has 3 aromatic rings. The van der Waals surface area contributed by atoms with Crippen molar-refractivity contribution in [2.75, 3.05) is 18.1 Å². The summed E-state index contributed by atoms with van der Waals surface area (Å²) >= 11 is 2.56. The van der Waals surface area contributed by atoms with E-state index in [0.717, 1.165) is 27.3 Å². The van der Waals surface area contributed by atoms with Gasteiger partial charge in [-0.2, -0.15) is 0 Å². The quantitative estimate of drug-likeness (QED) is 0.523. The third-order valence-electron chi connectivity index (χ3n) is 3.86. The van der Waals surface area contributed by atoms with Crippen molar-refractivity contribution >= 4 is 44.7 Å². The number of hydrogen-bond acceptors (Lipinski definition) is 9. The molecule has 2 aromatic heterocycles. The molecule has 0 radical (unpaired) electrons. The van der Waals surface area contributed by atoms with Crippen molar-refractivity contribution in [1.82, 2.24) is 19.9 Å². The zero-order chi connectivity index (χ0) is 21.2. The normalized spacial score (nSPS) is 11.6. The molecule has 1 aromatic carbocycles. The van der Waals surface area contributed by atoms with Crippen molar-refractivity contribution in [3.63, 3.8) is 0 Å². The lowest BCUT2D eigenvalue weighted by molar-refractivity contribution is -0.113. The summed E-state index contributed by atoms with van der Waals surface area (Å²) in [5.41, 5.74) is 1.79. The second-order valence-electron chi connectivity index (χ2n) is 6.05. The molecular formula is C17H19N5O4S3. The van der Waals surface area contributed by atoms with Crippen LogP contribution in [0.25, 0.3) is 10.8 Å². The molecular weight excluding hydrogens is 434 g/mol. The van der Waals surface area contributed by atoms with E-state index in [1.54, 1.807) is 19.1 Å². The number of thiazole rings is 1. The number of thioether (sulfide) groups is 1. The maximum atomic E-state index is 12.2. The Morgan fingerprint density at radius 2 is 2.00 bits per heavy atom. The second-order valence-corrected chi connectivity index (χ2v) is 10.0. The lowest BCUT2D eigenvalue weighted by Crippen LogP contribution is -2.20. The minimum atomic E-state index is -3.61. The molecule has 0 atom stereocenters. The van der Waals surface area contributed by atoms with E-state index in [0.29, 0.717) is 17.1 Å². The number of aryl methyl sites for hydroxylation is 3. The van der Waals surface area contributed by atoms with Crippen LogP contribution in [-0.4, -0.2) is 42.3 Å². The Hall–Kier alpha value is -2.28. The van der Waals surface area contributed by atoms with Crippen LogP contribution in [0.3, 0.4) is 0 Å². The Morgan fingerprint density at radius 3 is 2.66 bits per heavy atom. The highest BCUT2D eigenvalue weighted by Gasteiger charge is 2.18. The van der Waals surface area contributed by atoms with Gasteiger partial charge < -0.3 is 9.73 Å². The molecule has 3 rings (SSSR count). The van der Waals surface area contributed by atoms with Gasteiger partial charge in [0.15, 0.2) is 0 Å². The molecule has 0 bridgehead atoms. The van der Waals surface area contributed by atoms with E-state index in [9.17, 15) is 13.2 Å². The molecule has 12 heteroatoms. The number of aromatic nitrogens is 3. The Kier molecular flexibility index (Phi) is 6.36. The molecule has 2 N–H and O–H groups in total. The predicted octanol–water partition coefficient (Wildman–Crippen LogP) is 2.76. The number of benzene rings is 1. The van der Waals surface area contributed by atoms with Gasteiger partial charge in [-0.1, -0.05) is 17.8 Å². The van der Waals surface area contributed by atoms with Crippen molar-refractivity contribution in [3.05, 3.63) is 34.5 Å². The van der Waals surface area contributed by atoms with Crippen LogP contribution in [0.5, 0.6) is 0 Å². The predicted molar refractivity (Wildman–Crippen MR) is 112 cm³/mol. The van der Waals surface area contributed by atoms with Crippen LogP contribution in [0.15, 0.2) is 32.7 Å². The smallest absolute Gasteiger partial charge is 0.277 e. The fraction of sp³-hybridized carbons (Fsp3) is 0.294. The first kappa shape index (κ1) is 21.4. The van der Waals surface area contributed by atoms with Gasteiger partial charge in [-0.05, 0) is 45.5 Å². The van der Waals surface area contributed by atoms with Crippen LogP contribution >= 0.6 is 23.1 Å². The first-order chi connectivity index (χ1) is 13.7. The summed E-state index contributed by atoms with van der Waals surface area (Å²) in [6.45, 7) is 5.45. The number of rotatable bonds is 7. The lowest BCUT2D eigenvalue weighted by atomic mass is 10.2. The van der Waals surface area contributed by atoms with Gasteiger partial charge in [0.25, 0.3) is 11.1 Å². The van der Waals surface area contributed by atoms with Gasteiger partial charge in [0.1, 0.15) is 4.88 Å². The van der Waals surface area contributed by atoms with Gasteiger partial charge in [0.05, 0.1) is 21.3 Å². The maximum absolute atomic E-state index is 12.2. The maximum Gasteiger partial charge on any atom is 0.277 e. The second kappa shape index (κ2) is 8.61. The largest absolute Gasteiger partial charge is 0.410 e. The minimum Gasteiger partial charge on any atom is -0.410 e. The van der Waals surface area contributed by atoms with Gasteiger partial charge in [-0.15, -0.1) is 21.5 Å². The first-order valence-electron chi connectivity index (χ1n) is 8.44. The fourth-order valence-electron chi connectivity index (χ4n) is 2.49. The molecule has 0 fully saturated rings. The summed E-state index contributed by atoms with van der Waals surface area (Å²) in [7, 11) is -2.27. The SMILES string of the molecule is CNS(=O)(=O)c1cc(NC(=O)CSc2nnc(-c3sc(C)nc3C)o2)ccc1C. The van der Waals surface area contributed by atoms with E-state index in [4.69, 9.17) is 4.42 Å². The van der Waals surface area contributed by atoms with E-state index >= 15 is 0 Å². The van der Waals surface area contributed by atoms with Gasteiger partial charge >= 0.3 is 0 Å². The van der Waals surface area contributed by atoms with E-state index < -0.39 is 10.0 Å². The molecule has 9 nitrogen and oxygen atoms in total. The summed E-state index contributed by atoms with van der Waals surface area (Å²) in [6.07, 6.45) is 0. The molecule has 0 aliphatic carbocycles.